The van der Waals surface area contributed by atoms with Gasteiger partial charge in [0.2, 0.25) is 11.9 Å². The number of benzene rings is 1. The first-order chi connectivity index (χ1) is 14.4. The number of imidazole rings is 1. The first-order valence-corrected chi connectivity index (χ1v) is 12.5. The smallest absolute Gasteiger partial charge is 0.252 e. The van der Waals surface area contributed by atoms with E-state index in [1.165, 1.54) is 15.6 Å². The number of hydrogen-bond acceptors (Lipinski definition) is 5. The second-order valence-electron chi connectivity index (χ2n) is 7.63. The molecule has 0 aliphatic carbocycles. The third-order valence-corrected chi connectivity index (χ3v) is 8.73. The van der Waals surface area contributed by atoms with E-state index in [0.29, 0.717) is 29.5 Å². The second kappa shape index (κ2) is 8.49. The maximum absolute atomic E-state index is 13.0. The van der Waals surface area contributed by atoms with Crippen LogP contribution in [0, 0.1) is 12.8 Å². The van der Waals surface area contributed by atoms with Crippen LogP contribution in [0.1, 0.15) is 31.1 Å². The molecule has 1 aliphatic rings. The fraction of sp³-hybridized carbons (Fsp3) is 0.429. The Hall–Kier alpha value is -2.23. The molecule has 1 aromatic carbocycles. The predicted molar refractivity (Wildman–Crippen MR) is 119 cm³/mol. The van der Waals surface area contributed by atoms with Crippen molar-refractivity contribution in [2.24, 2.45) is 5.92 Å². The van der Waals surface area contributed by atoms with Gasteiger partial charge < -0.3 is 4.57 Å². The molecule has 1 N–H and O–H groups in total. The van der Waals surface area contributed by atoms with Crippen LogP contribution in [0.15, 0.2) is 40.6 Å². The number of rotatable bonds is 6. The van der Waals surface area contributed by atoms with Gasteiger partial charge in [-0.25, -0.2) is 13.4 Å². The van der Waals surface area contributed by atoms with Crippen LogP contribution in [0.5, 0.6) is 0 Å². The molecule has 0 radical (unpaired) electrons. The molecule has 1 saturated heterocycles. The van der Waals surface area contributed by atoms with Crippen molar-refractivity contribution in [1.82, 2.24) is 13.9 Å². The van der Waals surface area contributed by atoms with Crippen LogP contribution in [-0.4, -0.2) is 41.3 Å². The molecule has 3 aromatic rings. The number of carbonyl (C=O) groups is 1. The molecule has 7 nitrogen and oxygen atoms in total. The van der Waals surface area contributed by atoms with Crippen LogP contribution in [0.3, 0.4) is 0 Å². The summed E-state index contributed by atoms with van der Waals surface area (Å²) in [6.45, 7) is 5.35. The Balaban J connectivity index is 1.53. The largest absolute Gasteiger partial charge is 0.310 e. The minimum atomic E-state index is -3.57. The molecule has 0 saturated carbocycles. The number of amides is 1. The summed E-state index contributed by atoms with van der Waals surface area (Å²) in [7, 11) is -3.57. The molecule has 30 heavy (non-hydrogen) atoms. The standard InChI is InChI=1S/C21H26N4O3S2/c1-3-12-25-18-9-5-4-8-17(18)22-21(25)23-20(26)16-7-6-13-24(14-16)30(27,28)19-11-10-15(2)29-19/h4-5,8-11,16H,3,6-7,12-14H2,1-2H3,(H,22,23,26)/t16-/m0/s1. The topological polar surface area (TPSA) is 84.3 Å². The Labute approximate surface area is 180 Å². The van der Waals surface area contributed by atoms with Gasteiger partial charge in [-0.05, 0) is 50.5 Å². The van der Waals surface area contributed by atoms with Crippen molar-refractivity contribution in [2.45, 2.75) is 43.9 Å². The highest BCUT2D eigenvalue weighted by Crippen LogP contribution is 2.29. The number of fused-ring (bicyclic) bond motifs is 1. The van der Waals surface area contributed by atoms with Crippen molar-refractivity contribution >= 4 is 44.2 Å². The third kappa shape index (κ3) is 4.01. The van der Waals surface area contributed by atoms with Gasteiger partial charge in [0.25, 0.3) is 10.0 Å². The zero-order valence-electron chi connectivity index (χ0n) is 17.2. The fourth-order valence-corrected chi connectivity index (χ4v) is 6.85. The third-order valence-electron chi connectivity index (χ3n) is 5.40. The maximum Gasteiger partial charge on any atom is 0.252 e. The van der Waals surface area contributed by atoms with Gasteiger partial charge in [-0.2, -0.15) is 4.31 Å². The highest BCUT2D eigenvalue weighted by Gasteiger charge is 2.34. The van der Waals surface area contributed by atoms with Crippen LogP contribution in [0.2, 0.25) is 0 Å². The lowest BCUT2D eigenvalue weighted by Crippen LogP contribution is -2.43. The van der Waals surface area contributed by atoms with E-state index in [1.54, 1.807) is 6.07 Å². The monoisotopic (exact) mass is 446 g/mol. The Bertz CT molecular complexity index is 1170. The Kier molecular flexibility index (Phi) is 5.95. The highest BCUT2D eigenvalue weighted by atomic mass is 32.2. The average molecular weight is 447 g/mol. The molecule has 3 heterocycles. The van der Waals surface area contributed by atoms with Crippen LogP contribution >= 0.6 is 11.3 Å². The Morgan fingerprint density at radius 1 is 1.27 bits per heavy atom. The van der Waals surface area contributed by atoms with Crippen molar-refractivity contribution in [1.29, 1.82) is 0 Å². The van der Waals surface area contributed by atoms with E-state index in [4.69, 9.17) is 0 Å². The summed E-state index contributed by atoms with van der Waals surface area (Å²) in [5.74, 6) is -0.0497. The minimum Gasteiger partial charge on any atom is -0.310 e. The van der Waals surface area contributed by atoms with Gasteiger partial charge in [0, 0.05) is 24.5 Å². The van der Waals surface area contributed by atoms with Crippen molar-refractivity contribution in [3.63, 3.8) is 0 Å². The normalized spacial score (nSPS) is 18.0. The minimum absolute atomic E-state index is 0.176. The number of nitrogens with zero attached hydrogens (tertiary/aromatic N) is 3. The van der Waals surface area contributed by atoms with Gasteiger partial charge in [0.15, 0.2) is 0 Å². The predicted octanol–water partition coefficient (Wildman–Crippen LogP) is 3.86. The molecular formula is C21H26N4O3S2. The van der Waals surface area contributed by atoms with E-state index in [1.807, 2.05) is 41.8 Å². The van der Waals surface area contributed by atoms with Gasteiger partial charge in [-0.1, -0.05) is 19.1 Å². The van der Waals surface area contributed by atoms with Crippen LogP contribution in [0.25, 0.3) is 11.0 Å². The molecule has 1 atom stereocenters. The summed E-state index contributed by atoms with van der Waals surface area (Å²) in [4.78, 5) is 18.6. The summed E-state index contributed by atoms with van der Waals surface area (Å²) < 4.78 is 29.7. The summed E-state index contributed by atoms with van der Waals surface area (Å²) in [6.07, 6.45) is 2.24. The van der Waals surface area contributed by atoms with E-state index in [-0.39, 0.29) is 12.5 Å². The van der Waals surface area contributed by atoms with Crippen molar-refractivity contribution in [3.05, 3.63) is 41.3 Å². The lowest BCUT2D eigenvalue weighted by atomic mass is 9.99. The highest BCUT2D eigenvalue weighted by molar-refractivity contribution is 7.91. The average Bonchev–Trinajstić information content (AvgIpc) is 3.33. The number of thiophene rings is 1. The number of para-hydroxylation sites is 2. The molecule has 0 spiro atoms. The van der Waals surface area contributed by atoms with Crippen LogP contribution in [0.4, 0.5) is 5.95 Å². The number of hydrogen-bond donors (Lipinski definition) is 1. The van der Waals surface area contributed by atoms with Crippen LogP contribution in [-0.2, 0) is 21.4 Å². The molecule has 4 rings (SSSR count). The van der Waals surface area contributed by atoms with Crippen molar-refractivity contribution in [3.8, 4) is 0 Å². The lowest BCUT2D eigenvalue weighted by molar-refractivity contribution is -0.120. The first kappa shape index (κ1) is 21.0. The first-order valence-electron chi connectivity index (χ1n) is 10.2. The van der Waals surface area contributed by atoms with Crippen molar-refractivity contribution in [2.75, 3.05) is 18.4 Å². The number of carbonyl (C=O) groups excluding carboxylic acids is 1. The summed E-state index contributed by atoms with van der Waals surface area (Å²) in [5.41, 5.74) is 1.82. The lowest BCUT2D eigenvalue weighted by Gasteiger charge is -2.30. The molecular weight excluding hydrogens is 420 g/mol. The molecule has 0 bridgehead atoms. The van der Waals surface area contributed by atoms with E-state index >= 15 is 0 Å². The number of anilines is 1. The molecule has 160 valence electrons. The van der Waals surface area contributed by atoms with Crippen LogP contribution < -0.4 is 5.32 Å². The van der Waals surface area contributed by atoms with E-state index < -0.39 is 15.9 Å². The summed E-state index contributed by atoms with van der Waals surface area (Å²) in [5, 5.41) is 2.96. The quantitative estimate of drug-likeness (QED) is 0.623. The Morgan fingerprint density at radius 3 is 2.80 bits per heavy atom. The number of aryl methyl sites for hydroxylation is 2. The number of piperidine rings is 1. The molecule has 1 aliphatic heterocycles. The fourth-order valence-electron chi connectivity index (χ4n) is 3.89. The Morgan fingerprint density at radius 2 is 2.07 bits per heavy atom. The van der Waals surface area contributed by atoms with E-state index in [0.717, 1.165) is 28.9 Å². The zero-order valence-corrected chi connectivity index (χ0v) is 18.8. The SMILES string of the molecule is CCCn1c(NC(=O)[C@H]2CCCN(S(=O)(=O)c3ccc(C)s3)C2)nc2ccccc21. The van der Waals surface area contributed by atoms with E-state index in [9.17, 15) is 13.2 Å². The van der Waals surface area contributed by atoms with Gasteiger partial charge in [0.1, 0.15) is 4.21 Å². The van der Waals surface area contributed by atoms with Gasteiger partial charge >= 0.3 is 0 Å². The summed E-state index contributed by atoms with van der Waals surface area (Å²) in [6, 6.07) is 11.3. The zero-order chi connectivity index (χ0) is 21.3. The van der Waals surface area contributed by atoms with Gasteiger partial charge in [-0.15, -0.1) is 11.3 Å². The maximum atomic E-state index is 13.0. The molecule has 1 fully saturated rings. The van der Waals surface area contributed by atoms with Gasteiger partial charge in [-0.3, -0.25) is 10.1 Å². The van der Waals surface area contributed by atoms with Gasteiger partial charge in [0.05, 0.1) is 17.0 Å². The summed E-state index contributed by atoms with van der Waals surface area (Å²) >= 11 is 1.27. The number of sulfonamides is 1. The molecule has 9 heteroatoms. The second-order valence-corrected chi connectivity index (χ2v) is 11.1. The molecule has 0 unspecified atom stereocenters. The van der Waals surface area contributed by atoms with Crippen molar-refractivity contribution < 1.29 is 13.2 Å². The number of aromatic nitrogens is 2. The molecule has 1 amide bonds. The van der Waals surface area contributed by atoms with E-state index in [2.05, 4.69) is 17.2 Å². The number of nitrogens with one attached hydrogen (secondary N) is 1. The molecule has 2 aromatic heterocycles.